The Kier molecular flexibility index (Phi) is 6.91. The highest BCUT2D eigenvalue weighted by Crippen LogP contribution is 2.24. The van der Waals surface area contributed by atoms with Gasteiger partial charge in [0.2, 0.25) is 0 Å². The summed E-state index contributed by atoms with van der Waals surface area (Å²) in [7, 11) is 0. The number of hydrogen-bond acceptors (Lipinski definition) is 4. The highest BCUT2D eigenvalue weighted by molar-refractivity contribution is 6.31. The van der Waals surface area contributed by atoms with Crippen LogP contribution in [0.25, 0.3) is 11.8 Å². The Bertz CT molecular complexity index is 816. The van der Waals surface area contributed by atoms with Gasteiger partial charge in [0.25, 0.3) is 5.91 Å². The predicted octanol–water partition coefficient (Wildman–Crippen LogP) is 3.06. The van der Waals surface area contributed by atoms with Crippen LogP contribution in [-0.2, 0) is 14.3 Å². The number of halogens is 2. The zero-order valence-electron chi connectivity index (χ0n) is 14.5. The van der Waals surface area contributed by atoms with Gasteiger partial charge in [0.15, 0.2) is 6.61 Å². The number of hydrogen-bond donors (Lipinski definition) is 1. The highest BCUT2D eigenvalue weighted by Gasteiger charge is 2.13. The number of aryl methyl sites for hydroxylation is 1. The molecule has 0 aliphatic rings. The van der Waals surface area contributed by atoms with Gasteiger partial charge < -0.3 is 10.1 Å². The third-order valence-electron chi connectivity index (χ3n) is 3.42. The van der Waals surface area contributed by atoms with Crippen molar-refractivity contribution in [2.24, 2.45) is 0 Å². The molecule has 2 aromatic rings. The highest BCUT2D eigenvalue weighted by atomic mass is 35.5. The fraction of sp³-hybridized carbons (Fsp3) is 0.278. The Morgan fingerprint density at radius 3 is 2.69 bits per heavy atom. The summed E-state index contributed by atoms with van der Waals surface area (Å²) in [4.78, 5) is 23.1. The Labute approximate surface area is 155 Å². The first-order valence-corrected chi connectivity index (χ1v) is 8.42. The molecule has 0 bridgehead atoms. The molecule has 0 spiro atoms. The van der Waals surface area contributed by atoms with E-state index in [1.165, 1.54) is 29.0 Å². The van der Waals surface area contributed by atoms with E-state index in [4.69, 9.17) is 16.3 Å². The van der Waals surface area contributed by atoms with Gasteiger partial charge in [-0.2, -0.15) is 5.10 Å². The van der Waals surface area contributed by atoms with Crippen molar-refractivity contribution in [2.75, 3.05) is 13.2 Å². The zero-order valence-corrected chi connectivity index (χ0v) is 15.2. The monoisotopic (exact) mass is 379 g/mol. The second-order valence-corrected chi connectivity index (χ2v) is 5.83. The molecule has 1 aromatic heterocycles. The van der Waals surface area contributed by atoms with Crippen molar-refractivity contribution in [2.45, 2.75) is 20.3 Å². The summed E-state index contributed by atoms with van der Waals surface area (Å²) in [5, 5.41) is 7.17. The first kappa shape index (κ1) is 19.7. The Morgan fingerprint density at radius 1 is 1.35 bits per heavy atom. The number of carbonyl (C=O) groups excluding carboxylic acids is 2. The zero-order chi connectivity index (χ0) is 19.1. The average Bonchev–Trinajstić information content (AvgIpc) is 2.91. The van der Waals surface area contributed by atoms with Crippen LogP contribution in [0.3, 0.4) is 0 Å². The molecule has 0 aliphatic heterocycles. The largest absolute Gasteiger partial charge is 0.452 e. The number of carbonyl (C=O) groups is 2. The maximum Gasteiger partial charge on any atom is 0.331 e. The molecule has 0 aliphatic carbocycles. The fourth-order valence-electron chi connectivity index (χ4n) is 2.11. The number of ether oxygens (including phenoxy) is 1. The van der Waals surface area contributed by atoms with Crippen molar-refractivity contribution in [1.82, 2.24) is 15.1 Å². The number of esters is 1. The molecule has 0 unspecified atom stereocenters. The third-order valence-corrected chi connectivity index (χ3v) is 3.79. The lowest BCUT2D eigenvalue weighted by Crippen LogP contribution is -2.28. The van der Waals surface area contributed by atoms with Gasteiger partial charge in [-0.15, -0.1) is 0 Å². The van der Waals surface area contributed by atoms with Gasteiger partial charge in [-0.1, -0.05) is 18.5 Å². The van der Waals surface area contributed by atoms with E-state index in [1.54, 1.807) is 19.1 Å². The SMILES string of the molecule is CCCNC(=O)COC(=O)/C=C/c1c(C)nn(-c2ccc(F)cc2)c1Cl. The summed E-state index contributed by atoms with van der Waals surface area (Å²) < 4.78 is 19.3. The van der Waals surface area contributed by atoms with E-state index in [9.17, 15) is 14.0 Å². The van der Waals surface area contributed by atoms with Gasteiger partial charge in [0.1, 0.15) is 11.0 Å². The molecule has 8 heteroatoms. The second kappa shape index (κ2) is 9.15. The number of nitrogens with zero attached hydrogens (tertiary/aromatic N) is 2. The molecule has 0 radical (unpaired) electrons. The van der Waals surface area contributed by atoms with E-state index >= 15 is 0 Å². The molecule has 26 heavy (non-hydrogen) atoms. The minimum Gasteiger partial charge on any atom is -0.452 e. The van der Waals surface area contributed by atoms with E-state index in [0.29, 0.717) is 23.5 Å². The van der Waals surface area contributed by atoms with Crippen LogP contribution in [0.15, 0.2) is 30.3 Å². The molecule has 1 N–H and O–H groups in total. The van der Waals surface area contributed by atoms with Gasteiger partial charge in [-0.25, -0.2) is 13.9 Å². The van der Waals surface area contributed by atoms with E-state index in [1.807, 2.05) is 6.92 Å². The minimum atomic E-state index is -0.665. The maximum absolute atomic E-state index is 13.0. The molecule has 0 atom stereocenters. The first-order chi connectivity index (χ1) is 12.4. The van der Waals surface area contributed by atoms with Crippen LogP contribution in [0.1, 0.15) is 24.6 Å². The fourth-order valence-corrected chi connectivity index (χ4v) is 2.44. The minimum absolute atomic E-state index is 0.277. The average molecular weight is 380 g/mol. The van der Waals surface area contributed by atoms with Crippen molar-refractivity contribution >= 4 is 29.6 Å². The number of aromatic nitrogens is 2. The number of nitrogens with one attached hydrogen (secondary N) is 1. The normalized spacial score (nSPS) is 10.9. The van der Waals surface area contributed by atoms with E-state index < -0.39 is 5.97 Å². The molecule has 2 rings (SSSR count). The van der Waals surface area contributed by atoms with Crippen molar-refractivity contribution in [3.63, 3.8) is 0 Å². The van der Waals surface area contributed by atoms with E-state index in [0.717, 1.165) is 6.42 Å². The molecule has 1 aromatic carbocycles. The molecular weight excluding hydrogens is 361 g/mol. The molecule has 1 amide bonds. The predicted molar refractivity (Wildman–Crippen MR) is 96.6 cm³/mol. The lowest BCUT2D eigenvalue weighted by atomic mass is 10.2. The molecular formula is C18H19ClFN3O3. The number of rotatable bonds is 7. The Morgan fingerprint density at radius 2 is 2.04 bits per heavy atom. The quantitative estimate of drug-likeness (QED) is 0.592. The molecule has 6 nitrogen and oxygen atoms in total. The lowest BCUT2D eigenvalue weighted by Gasteiger charge is -2.03. The van der Waals surface area contributed by atoms with Crippen molar-refractivity contribution in [3.8, 4) is 5.69 Å². The first-order valence-electron chi connectivity index (χ1n) is 8.05. The van der Waals surface area contributed by atoms with Crippen molar-refractivity contribution < 1.29 is 18.7 Å². The van der Waals surface area contributed by atoms with Crippen molar-refractivity contribution in [1.29, 1.82) is 0 Å². The second-order valence-electron chi connectivity index (χ2n) is 5.47. The van der Waals surface area contributed by atoms with Crippen LogP contribution in [0.5, 0.6) is 0 Å². The smallest absolute Gasteiger partial charge is 0.331 e. The molecule has 0 saturated carbocycles. The van der Waals surface area contributed by atoms with Gasteiger partial charge in [0, 0.05) is 18.2 Å². The van der Waals surface area contributed by atoms with Gasteiger partial charge in [-0.05, 0) is 43.7 Å². The number of amides is 1. The molecule has 0 fully saturated rings. The van der Waals surface area contributed by atoms with Crippen LogP contribution in [-0.4, -0.2) is 34.8 Å². The third kappa shape index (κ3) is 5.16. The summed E-state index contributed by atoms with van der Waals surface area (Å²) in [6.07, 6.45) is 3.45. The van der Waals surface area contributed by atoms with Crippen LogP contribution >= 0.6 is 11.6 Å². The van der Waals surface area contributed by atoms with Crippen LogP contribution < -0.4 is 5.32 Å². The Balaban J connectivity index is 2.05. The Hall–Kier alpha value is -2.67. The van der Waals surface area contributed by atoms with Crippen LogP contribution in [0.2, 0.25) is 5.15 Å². The van der Waals surface area contributed by atoms with Gasteiger partial charge in [-0.3, -0.25) is 4.79 Å². The summed E-state index contributed by atoms with van der Waals surface area (Å²) in [5.74, 6) is -1.38. The topological polar surface area (TPSA) is 73.2 Å². The molecule has 1 heterocycles. The standard InChI is InChI=1S/C18H19ClFN3O3/c1-3-10-21-16(24)11-26-17(25)9-8-15-12(2)22-23(18(15)19)14-6-4-13(20)5-7-14/h4-9H,3,10-11H2,1-2H3,(H,21,24)/b9-8+. The van der Waals surface area contributed by atoms with Crippen LogP contribution in [0.4, 0.5) is 4.39 Å². The van der Waals surface area contributed by atoms with Gasteiger partial charge >= 0.3 is 5.97 Å². The molecule has 138 valence electrons. The van der Waals surface area contributed by atoms with E-state index in [-0.39, 0.29) is 23.5 Å². The summed E-state index contributed by atoms with van der Waals surface area (Å²) >= 11 is 6.31. The summed E-state index contributed by atoms with van der Waals surface area (Å²) in [6.45, 7) is 3.84. The summed E-state index contributed by atoms with van der Waals surface area (Å²) in [6, 6.07) is 5.70. The van der Waals surface area contributed by atoms with Gasteiger partial charge in [0.05, 0.1) is 11.4 Å². The van der Waals surface area contributed by atoms with E-state index in [2.05, 4.69) is 10.4 Å². The van der Waals surface area contributed by atoms with Crippen LogP contribution in [0, 0.1) is 12.7 Å². The summed E-state index contributed by atoms with van der Waals surface area (Å²) in [5.41, 5.74) is 1.71. The number of benzene rings is 1. The maximum atomic E-state index is 13.0. The van der Waals surface area contributed by atoms with Crippen molar-refractivity contribution in [3.05, 3.63) is 52.6 Å². The molecule has 0 saturated heterocycles. The lowest BCUT2D eigenvalue weighted by molar-refractivity contribution is -0.143.